The Morgan fingerprint density at radius 2 is 1.21 bits per heavy atom. The highest BCUT2D eigenvalue weighted by Crippen LogP contribution is 2.25. The summed E-state index contributed by atoms with van der Waals surface area (Å²) in [6.45, 7) is 0. The Morgan fingerprint density at radius 3 is 1.71 bits per heavy atom. The van der Waals surface area contributed by atoms with E-state index in [4.69, 9.17) is 0 Å². The molecule has 0 aliphatic rings. The van der Waals surface area contributed by atoms with Crippen molar-refractivity contribution in [3.8, 4) is 0 Å². The van der Waals surface area contributed by atoms with Gasteiger partial charge < -0.3 is 0 Å². The van der Waals surface area contributed by atoms with E-state index in [2.05, 4.69) is 0 Å². The Hall–Kier alpha value is -2.29. The zero-order valence-corrected chi connectivity index (χ0v) is 12.5. The molecule has 2 nitrogen and oxygen atoms in total. The first-order valence-corrected chi connectivity index (χ1v) is 8.00. The van der Waals surface area contributed by atoms with E-state index in [9.17, 15) is 34.8 Å². The van der Waals surface area contributed by atoms with Gasteiger partial charge >= 0.3 is 0 Å². The SMILES string of the molecule is O=S(=O)(/C=C/c1ccc(F)cc1)Cc1c(F)c(F)c(F)c(F)c1F. The molecule has 0 aliphatic heterocycles. The normalized spacial score (nSPS) is 12.1. The summed E-state index contributed by atoms with van der Waals surface area (Å²) in [4.78, 5) is 0. The van der Waals surface area contributed by atoms with Crippen LogP contribution in [0.3, 0.4) is 0 Å². The summed E-state index contributed by atoms with van der Waals surface area (Å²) >= 11 is 0. The fraction of sp³-hybridized carbons (Fsp3) is 0.0667. The summed E-state index contributed by atoms with van der Waals surface area (Å²) in [5.41, 5.74) is -1.19. The van der Waals surface area contributed by atoms with Crippen LogP contribution in [0.4, 0.5) is 26.3 Å². The lowest BCUT2D eigenvalue weighted by atomic mass is 10.2. The second kappa shape index (κ2) is 6.68. The average Bonchev–Trinajstić information content (AvgIpc) is 2.55. The number of sulfone groups is 1. The molecule has 0 aromatic heterocycles. The Morgan fingerprint density at radius 1 is 0.750 bits per heavy atom. The molecule has 0 atom stereocenters. The van der Waals surface area contributed by atoms with E-state index in [1.54, 1.807) is 0 Å². The molecule has 0 saturated heterocycles. The van der Waals surface area contributed by atoms with Crippen LogP contribution < -0.4 is 0 Å². The molecule has 2 rings (SSSR count). The van der Waals surface area contributed by atoms with Crippen molar-refractivity contribution in [2.75, 3.05) is 0 Å². The molecule has 0 bridgehead atoms. The summed E-state index contributed by atoms with van der Waals surface area (Å²) in [6.07, 6.45) is 1.00. The predicted molar refractivity (Wildman–Crippen MR) is 74.3 cm³/mol. The van der Waals surface area contributed by atoms with Gasteiger partial charge in [-0.05, 0) is 23.8 Å². The second-order valence-corrected chi connectivity index (χ2v) is 6.60. The van der Waals surface area contributed by atoms with Crippen LogP contribution in [0.1, 0.15) is 11.1 Å². The van der Waals surface area contributed by atoms with Gasteiger partial charge in [-0.3, -0.25) is 0 Å². The summed E-state index contributed by atoms with van der Waals surface area (Å²) in [5.74, 6) is -13.2. The molecule has 0 N–H and O–H groups in total. The molecule has 128 valence electrons. The lowest BCUT2D eigenvalue weighted by molar-refractivity contribution is 0.372. The molecule has 24 heavy (non-hydrogen) atoms. The highest BCUT2D eigenvalue weighted by Gasteiger charge is 2.27. The van der Waals surface area contributed by atoms with Gasteiger partial charge in [0, 0.05) is 11.0 Å². The van der Waals surface area contributed by atoms with Gasteiger partial charge in [-0.25, -0.2) is 34.8 Å². The highest BCUT2D eigenvalue weighted by atomic mass is 32.2. The standard InChI is InChI=1S/C15H8F6O2S/c16-9-3-1-8(2-4-9)5-6-24(22,23)7-10-11(17)13(19)15(21)14(20)12(10)18/h1-6H,7H2/b6-5+. The van der Waals surface area contributed by atoms with Gasteiger partial charge in [0.1, 0.15) is 5.82 Å². The Bertz CT molecular complexity index is 876. The third-order valence-electron chi connectivity index (χ3n) is 2.98. The van der Waals surface area contributed by atoms with E-state index in [-0.39, 0.29) is 5.56 Å². The number of rotatable bonds is 4. The predicted octanol–water partition coefficient (Wildman–Crippen LogP) is 4.11. The first-order chi connectivity index (χ1) is 11.1. The molecule has 2 aromatic carbocycles. The van der Waals surface area contributed by atoms with Gasteiger partial charge in [0.05, 0.1) is 5.75 Å². The van der Waals surface area contributed by atoms with E-state index >= 15 is 0 Å². The summed E-state index contributed by atoms with van der Waals surface area (Å²) < 4.78 is 102. The molecule has 9 heteroatoms. The molecule has 0 unspecified atom stereocenters. The molecule has 0 aliphatic carbocycles. The van der Waals surface area contributed by atoms with Crippen molar-refractivity contribution < 1.29 is 34.8 Å². The summed E-state index contributed by atoms with van der Waals surface area (Å²) in [5, 5.41) is 0.540. The highest BCUT2D eigenvalue weighted by molar-refractivity contribution is 7.93. The quantitative estimate of drug-likeness (QED) is 0.464. The number of hydrogen-bond acceptors (Lipinski definition) is 2. The summed E-state index contributed by atoms with van der Waals surface area (Å²) in [6, 6.07) is 4.58. The van der Waals surface area contributed by atoms with Crippen molar-refractivity contribution in [1.82, 2.24) is 0 Å². The van der Waals surface area contributed by atoms with Crippen LogP contribution in [0.25, 0.3) is 6.08 Å². The van der Waals surface area contributed by atoms with Crippen molar-refractivity contribution in [1.29, 1.82) is 0 Å². The van der Waals surface area contributed by atoms with Gasteiger partial charge in [-0.15, -0.1) is 0 Å². The van der Waals surface area contributed by atoms with Crippen LogP contribution in [0.2, 0.25) is 0 Å². The van der Waals surface area contributed by atoms with Crippen molar-refractivity contribution in [3.05, 3.63) is 75.7 Å². The number of hydrogen-bond donors (Lipinski definition) is 0. The Kier molecular flexibility index (Phi) is 5.02. The van der Waals surface area contributed by atoms with E-state index in [0.29, 0.717) is 5.41 Å². The van der Waals surface area contributed by atoms with E-state index < -0.39 is 56.1 Å². The number of halogens is 6. The molecular weight excluding hydrogens is 358 g/mol. The zero-order chi connectivity index (χ0) is 18.1. The van der Waals surface area contributed by atoms with Crippen LogP contribution in [0.5, 0.6) is 0 Å². The Balaban J connectivity index is 2.35. The van der Waals surface area contributed by atoms with Crippen LogP contribution in [0.15, 0.2) is 29.7 Å². The summed E-state index contributed by atoms with van der Waals surface area (Å²) in [7, 11) is -4.34. The van der Waals surface area contributed by atoms with Gasteiger partial charge in [0.15, 0.2) is 33.1 Å². The third kappa shape index (κ3) is 3.78. The number of benzene rings is 2. The molecule has 0 spiro atoms. The van der Waals surface area contributed by atoms with Crippen LogP contribution in [0, 0.1) is 34.9 Å². The molecule has 0 heterocycles. The van der Waals surface area contributed by atoms with Crippen molar-refractivity contribution in [2.24, 2.45) is 0 Å². The molecule has 0 saturated carbocycles. The maximum atomic E-state index is 13.5. The van der Waals surface area contributed by atoms with Gasteiger partial charge in [-0.1, -0.05) is 12.1 Å². The smallest absolute Gasteiger partial charge is 0.200 e. The first-order valence-electron chi connectivity index (χ1n) is 6.29. The van der Waals surface area contributed by atoms with Crippen molar-refractivity contribution in [3.63, 3.8) is 0 Å². The molecular formula is C15H8F6O2S. The van der Waals surface area contributed by atoms with Crippen LogP contribution >= 0.6 is 0 Å². The maximum absolute atomic E-state index is 13.5. The molecule has 0 fully saturated rings. The topological polar surface area (TPSA) is 34.1 Å². The molecule has 0 radical (unpaired) electrons. The molecule has 0 amide bonds. The minimum absolute atomic E-state index is 0.261. The van der Waals surface area contributed by atoms with Crippen molar-refractivity contribution >= 4 is 15.9 Å². The lowest BCUT2D eigenvalue weighted by Crippen LogP contribution is -2.11. The van der Waals surface area contributed by atoms with E-state index in [0.717, 1.165) is 18.2 Å². The van der Waals surface area contributed by atoms with E-state index in [1.165, 1.54) is 12.1 Å². The largest absolute Gasteiger partial charge is 0.224 e. The molecule has 2 aromatic rings. The second-order valence-electron chi connectivity index (χ2n) is 4.71. The first kappa shape index (κ1) is 18.1. The minimum atomic E-state index is -4.34. The van der Waals surface area contributed by atoms with E-state index in [1.807, 2.05) is 0 Å². The average molecular weight is 366 g/mol. The third-order valence-corrected chi connectivity index (χ3v) is 4.23. The van der Waals surface area contributed by atoms with Crippen LogP contribution in [-0.4, -0.2) is 8.42 Å². The lowest BCUT2D eigenvalue weighted by Gasteiger charge is -2.07. The zero-order valence-electron chi connectivity index (χ0n) is 11.7. The van der Waals surface area contributed by atoms with Crippen molar-refractivity contribution in [2.45, 2.75) is 5.75 Å². The van der Waals surface area contributed by atoms with Crippen LogP contribution in [-0.2, 0) is 15.6 Å². The Labute approximate surface area is 133 Å². The van der Waals surface area contributed by atoms with Gasteiger partial charge in [0.25, 0.3) is 0 Å². The fourth-order valence-corrected chi connectivity index (χ4v) is 2.90. The maximum Gasteiger partial charge on any atom is 0.200 e. The van der Waals surface area contributed by atoms with Gasteiger partial charge in [0.2, 0.25) is 5.82 Å². The fourth-order valence-electron chi connectivity index (χ4n) is 1.78. The monoisotopic (exact) mass is 366 g/mol. The van der Waals surface area contributed by atoms with Gasteiger partial charge in [-0.2, -0.15) is 0 Å². The minimum Gasteiger partial charge on any atom is -0.224 e.